The molecule has 0 aliphatic heterocycles. The van der Waals surface area contributed by atoms with Gasteiger partial charge in [-0.3, -0.25) is 4.79 Å². The van der Waals surface area contributed by atoms with Crippen molar-refractivity contribution in [1.29, 1.82) is 5.26 Å². The smallest absolute Gasteiger partial charge is 0.237 e. The highest BCUT2D eigenvalue weighted by Gasteiger charge is 2.18. The van der Waals surface area contributed by atoms with Gasteiger partial charge in [-0.2, -0.15) is 5.26 Å². The lowest BCUT2D eigenvalue weighted by Crippen LogP contribution is -2.22. The first-order chi connectivity index (χ1) is 13.6. The minimum atomic E-state index is -0.377. The van der Waals surface area contributed by atoms with Gasteiger partial charge in [-0.15, -0.1) is 10.2 Å². The van der Waals surface area contributed by atoms with Crippen LogP contribution < -0.4 is 15.4 Å². The van der Waals surface area contributed by atoms with E-state index in [0.717, 1.165) is 5.69 Å². The number of aromatic nitrogens is 2. The highest BCUT2D eigenvalue weighted by atomic mass is 32.2. The predicted molar refractivity (Wildman–Crippen MR) is 111 cm³/mol. The van der Waals surface area contributed by atoms with E-state index in [2.05, 4.69) is 26.9 Å². The molecule has 0 spiro atoms. The Hall–Kier alpha value is -3.09. The second-order valence-electron chi connectivity index (χ2n) is 5.64. The lowest BCUT2D eigenvalue weighted by molar-refractivity contribution is -0.115. The van der Waals surface area contributed by atoms with E-state index in [9.17, 15) is 4.79 Å². The van der Waals surface area contributed by atoms with Crippen molar-refractivity contribution in [3.63, 3.8) is 0 Å². The molecule has 0 saturated carbocycles. The number of carbonyl (C=O) groups excluding carboxylic acids is 1. The molecule has 1 atom stereocenters. The van der Waals surface area contributed by atoms with Gasteiger partial charge in [-0.25, -0.2) is 0 Å². The van der Waals surface area contributed by atoms with Gasteiger partial charge in [0, 0.05) is 5.69 Å². The molecule has 28 heavy (non-hydrogen) atoms. The fraction of sp³-hybridized carbons (Fsp3) is 0.158. The van der Waals surface area contributed by atoms with Gasteiger partial charge in [0.25, 0.3) is 0 Å². The van der Waals surface area contributed by atoms with E-state index in [0.29, 0.717) is 26.5 Å². The number of methoxy groups -OCH3 is 1. The molecule has 0 radical (unpaired) electrons. The Kier molecular flexibility index (Phi) is 6.47. The molecule has 1 amide bonds. The van der Waals surface area contributed by atoms with Crippen LogP contribution in [0.15, 0.2) is 52.9 Å². The molecule has 2 aromatic carbocycles. The van der Waals surface area contributed by atoms with Crippen LogP contribution in [0.5, 0.6) is 5.75 Å². The minimum Gasteiger partial charge on any atom is -0.495 e. The fourth-order valence-electron chi connectivity index (χ4n) is 2.29. The quantitative estimate of drug-likeness (QED) is 0.560. The minimum absolute atomic E-state index is 0.172. The van der Waals surface area contributed by atoms with Gasteiger partial charge in [-0.1, -0.05) is 41.3 Å². The largest absolute Gasteiger partial charge is 0.495 e. The van der Waals surface area contributed by atoms with Crippen molar-refractivity contribution in [2.24, 2.45) is 0 Å². The van der Waals surface area contributed by atoms with Gasteiger partial charge in [0.05, 0.1) is 29.7 Å². The lowest BCUT2D eigenvalue weighted by atomic mass is 10.2. The number of anilines is 3. The zero-order chi connectivity index (χ0) is 19.9. The third-order valence-corrected chi connectivity index (χ3v) is 5.68. The highest BCUT2D eigenvalue weighted by molar-refractivity contribution is 8.02. The van der Waals surface area contributed by atoms with E-state index in [1.807, 2.05) is 24.3 Å². The maximum Gasteiger partial charge on any atom is 0.237 e. The van der Waals surface area contributed by atoms with Crippen LogP contribution in [-0.2, 0) is 4.79 Å². The van der Waals surface area contributed by atoms with Crippen LogP contribution in [0, 0.1) is 11.3 Å². The molecule has 3 aromatic rings. The number of amides is 1. The van der Waals surface area contributed by atoms with Gasteiger partial charge in [0.2, 0.25) is 11.0 Å². The number of benzene rings is 2. The lowest BCUT2D eigenvalue weighted by Gasteiger charge is -2.10. The Bertz CT molecular complexity index is 1020. The number of para-hydroxylation sites is 2. The first-order valence-electron chi connectivity index (χ1n) is 8.30. The summed E-state index contributed by atoms with van der Waals surface area (Å²) in [7, 11) is 1.61. The van der Waals surface area contributed by atoms with E-state index in [4.69, 9.17) is 10.00 Å². The first-order valence-corrected chi connectivity index (χ1v) is 10.00. The second-order valence-corrected chi connectivity index (χ2v) is 8.21. The zero-order valence-electron chi connectivity index (χ0n) is 15.2. The number of rotatable bonds is 7. The molecule has 0 saturated heterocycles. The van der Waals surface area contributed by atoms with Crippen LogP contribution in [0.4, 0.5) is 16.5 Å². The predicted octanol–water partition coefficient (Wildman–Crippen LogP) is 4.28. The van der Waals surface area contributed by atoms with Gasteiger partial charge >= 0.3 is 0 Å². The van der Waals surface area contributed by atoms with Crippen molar-refractivity contribution in [2.45, 2.75) is 16.5 Å². The van der Waals surface area contributed by atoms with Crippen LogP contribution in [0.2, 0.25) is 0 Å². The van der Waals surface area contributed by atoms with Gasteiger partial charge < -0.3 is 15.4 Å². The summed E-state index contributed by atoms with van der Waals surface area (Å²) < 4.78 is 5.98. The number of thioether (sulfide) groups is 1. The molecule has 0 bridgehead atoms. The molecule has 2 N–H and O–H groups in total. The SMILES string of the molecule is COc1ccccc1Nc1nnc(S[C@H](C)C(=O)Nc2cccc(C#N)c2)s1. The number of nitrogens with zero attached hydrogens (tertiary/aromatic N) is 3. The van der Waals surface area contributed by atoms with E-state index in [-0.39, 0.29) is 11.2 Å². The number of hydrogen-bond donors (Lipinski definition) is 2. The third-order valence-electron chi connectivity index (χ3n) is 3.66. The van der Waals surface area contributed by atoms with Crippen molar-refractivity contribution in [1.82, 2.24) is 10.2 Å². The summed E-state index contributed by atoms with van der Waals surface area (Å²) in [6, 6.07) is 16.4. The number of nitrogens with one attached hydrogen (secondary N) is 2. The monoisotopic (exact) mass is 411 g/mol. The molecule has 0 aliphatic rings. The summed E-state index contributed by atoms with van der Waals surface area (Å²) >= 11 is 2.67. The van der Waals surface area contributed by atoms with E-state index in [1.165, 1.54) is 23.1 Å². The van der Waals surface area contributed by atoms with Crippen molar-refractivity contribution in [3.05, 3.63) is 54.1 Å². The molecule has 7 nitrogen and oxygen atoms in total. The summed E-state index contributed by atoms with van der Waals surface area (Å²) in [4.78, 5) is 12.4. The summed E-state index contributed by atoms with van der Waals surface area (Å²) in [6.07, 6.45) is 0. The number of nitriles is 1. The zero-order valence-corrected chi connectivity index (χ0v) is 16.8. The Morgan fingerprint density at radius 3 is 2.86 bits per heavy atom. The Morgan fingerprint density at radius 2 is 2.07 bits per heavy atom. The highest BCUT2D eigenvalue weighted by Crippen LogP contribution is 2.33. The topological polar surface area (TPSA) is 99.9 Å². The van der Waals surface area contributed by atoms with E-state index in [1.54, 1.807) is 38.3 Å². The molecular formula is C19H17N5O2S2. The van der Waals surface area contributed by atoms with Crippen LogP contribution in [0.25, 0.3) is 0 Å². The fourth-order valence-corrected chi connectivity index (χ4v) is 4.19. The molecule has 1 aromatic heterocycles. The summed E-state index contributed by atoms with van der Waals surface area (Å²) in [6.45, 7) is 1.79. The molecule has 1 heterocycles. The van der Waals surface area contributed by atoms with Crippen LogP contribution >= 0.6 is 23.1 Å². The molecule has 3 rings (SSSR count). The van der Waals surface area contributed by atoms with Crippen LogP contribution in [-0.4, -0.2) is 28.5 Å². The standard InChI is InChI=1S/C19H17N5O2S2/c1-12(17(25)21-14-7-5-6-13(10-14)11-20)27-19-24-23-18(28-19)22-15-8-3-4-9-16(15)26-2/h3-10,12H,1-2H3,(H,21,25)(H,22,23)/t12-/m1/s1. The van der Waals surface area contributed by atoms with Gasteiger partial charge in [0.1, 0.15) is 5.75 Å². The van der Waals surface area contributed by atoms with Crippen molar-refractivity contribution in [2.75, 3.05) is 17.7 Å². The number of hydrogen-bond acceptors (Lipinski definition) is 8. The van der Waals surface area contributed by atoms with Crippen molar-refractivity contribution >= 4 is 45.5 Å². The van der Waals surface area contributed by atoms with E-state index < -0.39 is 0 Å². The molecule has 0 aliphatic carbocycles. The van der Waals surface area contributed by atoms with E-state index >= 15 is 0 Å². The van der Waals surface area contributed by atoms with Crippen LogP contribution in [0.1, 0.15) is 12.5 Å². The number of ether oxygens (including phenoxy) is 1. The van der Waals surface area contributed by atoms with Crippen molar-refractivity contribution in [3.8, 4) is 11.8 Å². The molecular weight excluding hydrogens is 394 g/mol. The maximum absolute atomic E-state index is 12.4. The molecule has 142 valence electrons. The molecule has 0 unspecified atom stereocenters. The van der Waals surface area contributed by atoms with Gasteiger partial charge in [-0.05, 0) is 37.3 Å². The Balaban J connectivity index is 1.61. The average molecular weight is 412 g/mol. The summed E-state index contributed by atoms with van der Waals surface area (Å²) in [5.74, 6) is 0.536. The van der Waals surface area contributed by atoms with Crippen molar-refractivity contribution < 1.29 is 9.53 Å². The summed E-state index contributed by atoms with van der Waals surface area (Å²) in [5, 5.41) is 23.4. The third kappa shape index (κ3) is 5.00. The normalized spacial score (nSPS) is 11.3. The maximum atomic E-state index is 12.4. The number of carbonyl (C=O) groups is 1. The second kappa shape index (κ2) is 9.21. The molecule has 9 heteroatoms. The first kappa shape index (κ1) is 19.7. The average Bonchev–Trinajstić information content (AvgIpc) is 3.15. The Labute approximate surface area is 170 Å². The van der Waals surface area contributed by atoms with Gasteiger partial charge in [0.15, 0.2) is 4.34 Å². The molecule has 0 fully saturated rings. The summed E-state index contributed by atoms with van der Waals surface area (Å²) in [5.41, 5.74) is 1.88. The Morgan fingerprint density at radius 1 is 1.25 bits per heavy atom. The van der Waals surface area contributed by atoms with Crippen LogP contribution in [0.3, 0.4) is 0 Å².